The van der Waals surface area contributed by atoms with Crippen molar-refractivity contribution in [2.24, 2.45) is 0 Å². The minimum atomic E-state index is -1.02. The Morgan fingerprint density at radius 2 is 1.83 bits per heavy atom. The van der Waals surface area contributed by atoms with Crippen LogP contribution < -0.4 is 19.5 Å². The van der Waals surface area contributed by atoms with Gasteiger partial charge in [0.1, 0.15) is 5.75 Å². The van der Waals surface area contributed by atoms with Gasteiger partial charge in [-0.15, -0.1) is 0 Å². The molecule has 0 spiro atoms. The molecule has 0 aliphatic heterocycles. The van der Waals surface area contributed by atoms with E-state index in [4.69, 9.17) is 18.9 Å². The first-order valence-electron chi connectivity index (χ1n) is 9.65. The zero-order valence-electron chi connectivity index (χ0n) is 17.5. The molecule has 1 amide bonds. The number of anilines is 1. The van der Waals surface area contributed by atoms with Gasteiger partial charge in [0.2, 0.25) is 0 Å². The van der Waals surface area contributed by atoms with E-state index in [9.17, 15) is 9.59 Å². The molecule has 1 atom stereocenters. The molecule has 0 radical (unpaired) electrons. The van der Waals surface area contributed by atoms with Crippen LogP contribution in [0.3, 0.4) is 0 Å². The Balaban J connectivity index is 2.10. The van der Waals surface area contributed by atoms with Gasteiger partial charge < -0.3 is 24.3 Å². The van der Waals surface area contributed by atoms with Gasteiger partial charge in [0.25, 0.3) is 5.91 Å². The third-order valence-corrected chi connectivity index (χ3v) is 4.60. The molecule has 2 rings (SSSR count). The van der Waals surface area contributed by atoms with Crippen LogP contribution in [0.4, 0.5) is 5.69 Å². The number of halogens is 1. The van der Waals surface area contributed by atoms with Crippen LogP contribution >= 0.6 is 15.9 Å². The van der Waals surface area contributed by atoms with E-state index in [2.05, 4.69) is 21.2 Å². The standard InChI is InChI=1S/C22H26BrNO6/c1-5-11-29-20-16(23)12-15(13-19(20)27-4)22(26)30-14(3)21(25)24-17-9-7-8-10-18(17)28-6-2/h7-10,12-14H,5-6,11H2,1-4H3,(H,24,25). The van der Waals surface area contributed by atoms with Gasteiger partial charge in [0, 0.05) is 0 Å². The van der Waals surface area contributed by atoms with Crippen LogP contribution in [0.5, 0.6) is 17.2 Å². The van der Waals surface area contributed by atoms with Crippen molar-refractivity contribution in [2.45, 2.75) is 33.3 Å². The number of methoxy groups -OCH3 is 1. The monoisotopic (exact) mass is 479 g/mol. The summed E-state index contributed by atoms with van der Waals surface area (Å²) in [5.74, 6) is 0.325. The second-order valence-corrected chi connectivity index (χ2v) is 7.16. The number of amides is 1. The summed E-state index contributed by atoms with van der Waals surface area (Å²) in [7, 11) is 1.49. The van der Waals surface area contributed by atoms with Crippen LogP contribution in [0.2, 0.25) is 0 Å². The highest BCUT2D eigenvalue weighted by atomic mass is 79.9. The summed E-state index contributed by atoms with van der Waals surface area (Å²) in [5.41, 5.74) is 0.742. The molecule has 0 bridgehead atoms. The zero-order chi connectivity index (χ0) is 22.1. The van der Waals surface area contributed by atoms with E-state index in [1.165, 1.54) is 20.1 Å². The number of benzene rings is 2. The van der Waals surface area contributed by atoms with Gasteiger partial charge >= 0.3 is 5.97 Å². The average molecular weight is 480 g/mol. The fourth-order valence-corrected chi connectivity index (χ4v) is 3.11. The SMILES string of the molecule is CCCOc1c(Br)cc(C(=O)OC(C)C(=O)Nc2ccccc2OCC)cc1OC. The normalized spacial score (nSPS) is 11.4. The molecule has 2 aromatic carbocycles. The number of rotatable bonds is 10. The molecular weight excluding hydrogens is 454 g/mol. The molecule has 1 unspecified atom stereocenters. The first-order valence-corrected chi connectivity index (χ1v) is 10.4. The maximum Gasteiger partial charge on any atom is 0.339 e. The Bertz CT molecular complexity index is 886. The molecule has 0 saturated carbocycles. The highest BCUT2D eigenvalue weighted by Crippen LogP contribution is 2.37. The fourth-order valence-electron chi connectivity index (χ4n) is 2.55. The van der Waals surface area contributed by atoms with Gasteiger partial charge in [-0.05, 0) is 60.5 Å². The second-order valence-electron chi connectivity index (χ2n) is 6.30. The molecule has 7 nitrogen and oxygen atoms in total. The number of esters is 1. The highest BCUT2D eigenvalue weighted by molar-refractivity contribution is 9.10. The largest absolute Gasteiger partial charge is 0.493 e. The molecule has 30 heavy (non-hydrogen) atoms. The summed E-state index contributed by atoms with van der Waals surface area (Å²) >= 11 is 3.39. The summed E-state index contributed by atoms with van der Waals surface area (Å²) in [5, 5.41) is 2.72. The first-order chi connectivity index (χ1) is 14.4. The zero-order valence-corrected chi connectivity index (χ0v) is 19.1. The fraction of sp³-hybridized carbons (Fsp3) is 0.364. The van der Waals surface area contributed by atoms with Crippen LogP contribution in [0.25, 0.3) is 0 Å². The van der Waals surface area contributed by atoms with E-state index < -0.39 is 18.0 Å². The maximum absolute atomic E-state index is 12.6. The summed E-state index contributed by atoms with van der Waals surface area (Å²) in [6.07, 6.45) is -0.189. The van der Waals surface area contributed by atoms with Gasteiger partial charge in [0.15, 0.2) is 17.6 Å². The Hall–Kier alpha value is -2.74. The average Bonchev–Trinajstić information content (AvgIpc) is 2.73. The molecule has 0 heterocycles. The van der Waals surface area contributed by atoms with Crippen LogP contribution in [0.1, 0.15) is 37.6 Å². The van der Waals surface area contributed by atoms with Gasteiger partial charge in [0.05, 0.1) is 36.0 Å². The summed E-state index contributed by atoms with van der Waals surface area (Å²) in [4.78, 5) is 25.1. The number of hydrogen-bond donors (Lipinski definition) is 1. The topological polar surface area (TPSA) is 83.1 Å². The Morgan fingerprint density at radius 3 is 2.50 bits per heavy atom. The van der Waals surface area contributed by atoms with Gasteiger partial charge in [-0.1, -0.05) is 19.1 Å². The quantitative estimate of drug-likeness (QED) is 0.491. The molecule has 0 saturated heterocycles. The second kappa shape index (κ2) is 11.4. The number of para-hydroxylation sites is 2. The maximum atomic E-state index is 12.6. The molecule has 162 valence electrons. The molecule has 2 aromatic rings. The lowest BCUT2D eigenvalue weighted by Crippen LogP contribution is -2.30. The molecule has 0 aliphatic carbocycles. The third-order valence-electron chi connectivity index (χ3n) is 4.01. The van der Waals surface area contributed by atoms with Gasteiger partial charge in [-0.2, -0.15) is 0 Å². The van der Waals surface area contributed by atoms with Crippen molar-refractivity contribution < 1.29 is 28.5 Å². The molecule has 8 heteroatoms. The smallest absolute Gasteiger partial charge is 0.339 e. The minimum absolute atomic E-state index is 0.233. The lowest BCUT2D eigenvalue weighted by molar-refractivity contribution is -0.123. The minimum Gasteiger partial charge on any atom is -0.493 e. The highest BCUT2D eigenvalue weighted by Gasteiger charge is 2.22. The Labute approximate surface area is 184 Å². The molecule has 1 N–H and O–H groups in total. The van der Waals surface area contributed by atoms with E-state index in [1.807, 2.05) is 19.9 Å². The molecule has 0 fully saturated rings. The van der Waals surface area contributed by atoms with Crippen LogP contribution in [0, 0.1) is 0 Å². The van der Waals surface area contributed by atoms with Crippen molar-refractivity contribution >= 4 is 33.5 Å². The Morgan fingerprint density at radius 1 is 1.10 bits per heavy atom. The van der Waals surface area contributed by atoms with Crippen molar-refractivity contribution in [2.75, 3.05) is 25.6 Å². The number of nitrogens with one attached hydrogen (secondary N) is 1. The van der Waals surface area contributed by atoms with E-state index >= 15 is 0 Å². The van der Waals surface area contributed by atoms with Crippen LogP contribution in [-0.4, -0.2) is 38.3 Å². The van der Waals surface area contributed by atoms with Gasteiger partial charge in [-0.3, -0.25) is 4.79 Å². The summed E-state index contributed by atoms with van der Waals surface area (Å²) in [6.45, 7) is 6.33. The molecule has 0 aliphatic rings. The van der Waals surface area contributed by atoms with E-state index in [-0.39, 0.29) is 5.56 Å². The summed E-state index contributed by atoms with van der Waals surface area (Å²) in [6, 6.07) is 10.2. The van der Waals surface area contributed by atoms with Crippen molar-refractivity contribution in [3.05, 3.63) is 46.4 Å². The van der Waals surface area contributed by atoms with E-state index in [0.717, 1.165) is 6.42 Å². The number of carbonyl (C=O) groups is 2. The molecular formula is C22H26BrNO6. The lowest BCUT2D eigenvalue weighted by atomic mass is 10.2. The van der Waals surface area contributed by atoms with Crippen molar-refractivity contribution in [1.82, 2.24) is 0 Å². The van der Waals surface area contributed by atoms with Crippen molar-refractivity contribution in [3.63, 3.8) is 0 Å². The van der Waals surface area contributed by atoms with E-state index in [1.54, 1.807) is 24.3 Å². The number of ether oxygens (including phenoxy) is 4. The first kappa shape index (κ1) is 23.5. The van der Waals surface area contributed by atoms with Crippen molar-refractivity contribution in [1.29, 1.82) is 0 Å². The van der Waals surface area contributed by atoms with Crippen LogP contribution in [-0.2, 0) is 9.53 Å². The van der Waals surface area contributed by atoms with Gasteiger partial charge in [-0.25, -0.2) is 4.79 Å². The predicted octanol–water partition coefficient (Wildman–Crippen LogP) is 4.83. The molecule has 0 aromatic heterocycles. The predicted molar refractivity (Wildman–Crippen MR) is 118 cm³/mol. The lowest BCUT2D eigenvalue weighted by Gasteiger charge is -2.17. The van der Waals surface area contributed by atoms with Crippen molar-refractivity contribution in [3.8, 4) is 17.2 Å². The van der Waals surface area contributed by atoms with E-state index in [0.29, 0.717) is 40.6 Å². The van der Waals surface area contributed by atoms with Crippen LogP contribution in [0.15, 0.2) is 40.9 Å². The Kier molecular flexibility index (Phi) is 8.98. The summed E-state index contributed by atoms with van der Waals surface area (Å²) < 4.78 is 22.4. The third kappa shape index (κ3) is 6.13. The number of carbonyl (C=O) groups excluding carboxylic acids is 2. The number of hydrogen-bond acceptors (Lipinski definition) is 6.